The van der Waals surface area contributed by atoms with Crippen LogP contribution < -0.4 is 4.74 Å². The van der Waals surface area contributed by atoms with Crippen LogP contribution in [-0.4, -0.2) is 30.2 Å². The van der Waals surface area contributed by atoms with Crippen molar-refractivity contribution in [3.05, 3.63) is 173 Å². The first-order chi connectivity index (χ1) is 23.7. The maximum Gasteiger partial charge on any atom is 0.235 e. The van der Waals surface area contributed by atoms with Crippen LogP contribution in [-0.2, 0) is 18.6 Å². The van der Waals surface area contributed by atoms with Gasteiger partial charge in [-0.05, 0) is 28.3 Å². The molecule has 1 N–H and O–H groups in total. The molecule has 0 aliphatic heterocycles. The molecule has 0 bridgehead atoms. The Morgan fingerprint density at radius 3 is 1.81 bits per heavy atom. The van der Waals surface area contributed by atoms with Gasteiger partial charge >= 0.3 is 0 Å². The smallest absolute Gasteiger partial charge is 0.235 e. The number of benzene rings is 5. The molecule has 7 rings (SSSR count). The van der Waals surface area contributed by atoms with Crippen LogP contribution in [0, 0.1) is 0 Å². The maximum absolute atomic E-state index is 7.35. The molecule has 0 spiro atoms. The first-order valence-electron chi connectivity index (χ1n) is 16.2. The Morgan fingerprint density at radius 2 is 1.27 bits per heavy atom. The van der Waals surface area contributed by atoms with Crippen LogP contribution in [0.25, 0.3) is 22.5 Å². The Bertz CT molecular complexity index is 1970. The molecule has 0 unspecified atom stereocenters. The molecule has 0 saturated heterocycles. The molecule has 8 heteroatoms. The number of nitrogens with zero attached hydrogens (tertiary/aromatic N) is 5. The van der Waals surface area contributed by atoms with E-state index in [1.54, 1.807) is 0 Å². The number of imidazole rings is 1. The fourth-order valence-corrected chi connectivity index (χ4v) is 6.49. The van der Waals surface area contributed by atoms with Crippen molar-refractivity contribution in [3.8, 4) is 28.4 Å². The van der Waals surface area contributed by atoms with Crippen LogP contribution in [0.1, 0.15) is 47.8 Å². The van der Waals surface area contributed by atoms with Crippen molar-refractivity contribution in [2.75, 3.05) is 0 Å². The number of tetrazole rings is 1. The predicted molar refractivity (Wildman–Crippen MR) is 190 cm³/mol. The van der Waals surface area contributed by atoms with E-state index in [4.69, 9.17) is 21.3 Å². The summed E-state index contributed by atoms with van der Waals surface area (Å²) in [5, 5.41) is 15.1. The molecule has 0 aliphatic carbocycles. The van der Waals surface area contributed by atoms with E-state index in [-0.39, 0.29) is 0 Å². The lowest BCUT2D eigenvalue weighted by Crippen LogP contribution is -2.37. The second-order valence-electron chi connectivity index (χ2n) is 11.7. The number of unbranched alkanes of at least 4 members (excludes halogenated alkanes) is 1. The lowest BCUT2D eigenvalue weighted by molar-refractivity contribution is 0.141. The van der Waals surface area contributed by atoms with Crippen molar-refractivity contribution < 1.29 is 4.74 Å². The van der Waals surface area contributed by atoms with E-state index < -0.39 is 5.60 Å². The summed E-state index contributed by atoms with van der Waals surface area (Å²) < 4.78 is 9.49. The van der Waals surface area contributed by atoms with Crippen molar-refractivity contribution in [3.63, 3.8) is 0 Å². The molecular formula is C40H35ClN6O. The summed E-state index contributed by atoms with van der Waals surface area (Å²) in [7, 11) is 0. The highest BCUT2D eigenvalue weighted by atomic mass is 35.5. The van der Waals surface area contributed by atoms with E-state index in [0.717, 1.165) is 64.0 Å². The van der Waals surface area contributed by atoms with Gasteiger partial charge in [0.15, 0.2) is 10.8 Å². The average Bonchev–Trinajstić information content (AvgIpc) is 3.79. The number of aryl methyl sites for hydroxylation is 1. The second-order valence-corrected chi connectivity index (χ2v) is 12.0. The normalized spacial score (nSPS) is 11.5. The number of halogens is 1. The van der Waals surface area contributed by atoms with E-state index in [0.29, 0.717) is 23.4 Å². The fourth-order valence-electron chi connectivity index (χ4n) is 6.25. The zero-order chi connectivity index (χ0) is 32.8. The topological polar surface area (TPSA) is 81.5 Å². The SMILES string of the molecule is CCCCc1nc(Cl)c(OC(c2ccccc2)(c2ccccc2)c2ccccc2)n1Cc1ccc(-c2ccccc2-c2nn[nH]n2)cc1. The quantitative estimate of drug-likeness (QED) is 0.133. The van der Waals surface area contributed by atoms with E-state index in [2.05, 4.69) is 98.8 Å². The predicted octanol–water partition coefficient (Wildman–Crippen LogP) is 9.15. The minimum atomic E-state index is -0.990. The zero-order valence-corrected chi connectivity index (χ0v) is 27.4. The first kappa shape index (κ1) is 31.1. The van der Waals surface area contributed by atoms with Crippen LogP contribution in [0.3, 0.4) is 0 Å². The summed E-state index contributed by atoms with van der Waals surface area (Å²) in [5.74, 6) is 1.99. The van der Waals surface area contributed by atoms with Crippen molar-refractivity contribution >= 4 is 11.6 Å². The number of nitrogens with one attached hydrogen (secondary N) is 1. The Hall–Kier alpha value is -5.53. The van der Waals surface area contributed by atoms with E-state index >= 15 is 0 Å². The molecule has 238 valence electrons. The van der Waals surface area contributed by atoms with Gasteiger partial charge in [0.1, 0.15) is 5.82 Å². The van der Waals surface area contributed by atoms with Gasteiger partial charge < -0.3 is 4.74 Å². The monoisotopic (exact) mass is 650 g/mol. The van der Waals surface area contributed by atoms with Crippen LogP contribution in [0.4, 0.5) is 0 Å². The zero-order valence-electron chi connectivity index (χ0n) is 26.6. The van der Waals surface area contributed by atoms with Crippen molar-refractivity contribution in [2.45, 2.75) is 38.3 Å². The molecule has 48 heavy (non-hydrogen) atoms. The van der Waals surface area contributed by atoms with Gasteiger partial charge in [-0.15, -0.1) is 10.2 Å². The number of ether oxygens (including phenoxy) is 1. The van der Waals surface area contributed by atoms with Gasteiger partial charge in [0.05, 0.1) is 6.54 Å². The van der Waals surface area contributed by atoms with E-state index in [1.165, 1.54) is 0 Å². The maximum atomic E-state index is 7.35. The van der Waals surface area contributed by atoms with Crippen LogP contribution in [0.15, 0.2) is 140 Å². The second kappa shape index (κ2) is 14.1. The minimum absolute atomic E-state index is 0.346. The third-order valence-corrected chi connectivity index (χ3v) is 8.87. The van der Waals surface area contributed by atoms with Gasteiger partial charge in [0.2, 0.25) is 11.7 Å². The number of aromatic nitrogens is 6. The average molecular weight is 651 g/mol. The van der Waals surface area contributed by atoms with Crippen molar-refractivity contribution in [1.82, 2.24) is 30.2 Å². The van der Waals surface area contributed by atoms with Gasteiger partial charge in [0, 0.05) is 28.7 Å². The van der Waals surface area contributed by atoms with Crippen LogP contribution >= 0.6 is 11.6 Å². The fraction of sp³-hybridized carbons (Fsp3) is 0.150. The number of rotatable bonds is 12. The molecule has 0 radical (unpaired) electrons. The van der Waals surface area contributed by atoms with Crippen molar-refractivity contribution in [1.29, 1.82) is 0 Å². The molecule has 0 atom stereocenters. The van der Waals surface area contributed by atoms with Gasteiger partial charge in [-0.25, -0.2) is 4.98 Å². The van der Waals surface area contributed by atoms with Gasteiger partial charge in [-0.3, -0.25) is 4.57 Å². The van der Waals surface area contributed by atoms with Crippen LogP contribution in [0.5, 0.6) is 5.88 Å². The van der Waals surface area contributed by atoms with Gasteiger partial charge in [-0.2, -0.15) is 5.21 Å². The third-order valence-electron chi connectivity index (χ3n) is 8.62. The van der Waals surface area contributed by atoms with Gasteiger partial charge in [0.25, 0.3) is 0 Å². The minimum Gasteiger partial charge on any atom is -0.455 e. The molecule has 5 aromatic carbocycles. The van der Waals surface area contributed by atoms with E-state index in [9.17, 15) is 0 Å². The Kier molecular flexibility index (Phi) is 9.12. The number of aromatic amines is 1. The summed E-state index contributed by atoms with van der Waals surface area (Å²) in [6.07, 6.45) is 2.81. The highest BCUT2D eigenvalue weighted by Gasteiger charge is 2.41. The summed E-state index contributed by atoms with van der Waals surface area (Å²) in [6.45, 7) is 2.72. The number of hydrogen-bond donors (Lipinski definition) is 1. The van der Waals surface area contributed by atoms with Crippen LogP contribution in [0.2, 0.25) is 5.15 Å². The highest BCUT2D eigenvalue weighted by molar-refractivity contribution is 6.30. The van der Waals surface area contributed by atoms with Crippen molar-refractivity contribution in [2.24, 2.45) is 0 Å². The molecule has 0 aliphatic rings. The Labute approximate surface area is 285 Å². The third kappa shape index (κ3) is 6.12. The molecule has 0 amide bonds. The first-order valence-corrected chi connectivity index (χ1v) is 16.6. The largest absolute Gasteiger partial charge is 0.455 e. The molecule has 2 aromatic heterocycles. The van der Waals surface area contributed by atoms with Gasteiger partial charge in [-0.1, -0.05) is 164 Å². The summed E-state index contributed by atoms with van der Waals surface area (Å²) in [4.78, 5) is 4.90. The number of hydrogen-bond acceptors (Lipinski definition) is 5. The lowest BCUT2D eigenvalue weighted by Gasteiger charge is -2.36. The summed E-state index contributed by atoms with van der Waals surface area (Å²) in [5.41, 5.74) is 6.08. The molecule has 0 saturated carbocycles. The Balaban J connectivity index is 1.32. The standard InChI is InChI=1S/C40H35ClN6O/c1-2-3-23-36-42-37(41)39(47(36)28-29-24-26-30(27-25-29)34-21-13-14-22-35(34)38-43-45-46-44-38)48-40(31-15-7-4-8-16-31,32-17-9-5-10-18-32)33-19-11-6-12-20-33/h4-22,24-27H,2-3,23,28H2,1H3,(H,43,44,45,46). The molecule has 2 heterocycles. The summed E-state index contributed by atoms with van der Waals surface area (Å²) >= 11 is 7.06. The highest BCUT2D eigenvalue weighted by Crippen LogP contribution is 2.43. The molecule has 7 aromatic rings. The number of H-pyrrole nitrogens is 1. The molecule has 0 fully saturated rings. The lowest BCUT2D eigenvalue weighted by atomic mass is 9.80. The summed E-state index contributed by atoms with van der Waals surface area (Å²) in [6, 6.07) is 47.6. The molecular weight excluding hydrogens is 616 g/mol. The van der Waals surface area contributed by atoms with E-state index in [1.807, 2.05) is 72.8 Å². The molecule has 7 nitrogen and oxygen atoms in total. The Morgan fingerprint density at radius 1 is 0.708 bits per heavy atom.